The Kier molecular flexibility index (Phi) is 5.12. The van der Waals surface area contributed by atoms with Crippen LogP contribution in [0.1, 0.15) is 6.92 Å². The van der Waals surface area contributed by atoms with Crippen LogP contribution in [0.5, 0.6) is 0 Å². The van der Waals surface area contributed by atoms with E-state index in [0.717, 1.165) is 11.5 Å². The van der Waals surface area contributed by atoms with Gasteiger partial charge in [0.05, 0.1) is 13.2 Å². The number of rotatable bonds is 3. The SMILES string of the molecule is CCOC(=O)C1(CO)CSCCSC1. The molecular formula is C9H16O3S2. The zero-order chi connectivity index (χ0) is 10.4. The van der Waals surface area contributed by atoms with Crippen LogP contribution < -0.4 is 0 Å². The molecule has 0 aromatic carbocycles. The molecule has 1 rings (SSSR count). The molecule has 0 aliphatic carbocycles. The molecule has 0 bridgehead atoms. The van der Waals surface area contributed by atoms with E-state index < -0.39 is 5.41 Å². The quantitative estimate of drug-likeness (QED) is 0.741. The second-order valence-corrected chi connectivity index (χ2v) is 5.47. The van der Waals surface area contributed by atoms with Gasteiger partial charge in [0.2, 0.25) is 0 Å². The van der Waals surface area contributed by atoms with Gasteiger partial charge in [0.25, 0.3) is 0 Å². The van der Waals surface area contributed by atoms with Crippen molar-refractivity contribution in [1.29, 1.82) is 0 Å². The van der Waals surface area contributed by atoms with Gasteiger partial charge in [-0.15, -0.1) is 0 Å². The van der Waals surface area contributed by atoms with E-state index in [9.17, 15) is 9.90 Å². The van der Waals surface area contributed by atoms with Crippen LogP contribution in [0.3, 0.4) is 0 Å². The molecule has 14 heavy (non-hydrogen) atoms. The Labute approximate surface area is 93.0 Å². The van der Waals surface area contributed by atoms with Crippen LogP contribution in [-0.4, -0.2) is 47.3 Å². The highest BCUT2D eigenvalue weighted by molar-refractivity contribution is 8.03. The number of carbonyl (C=O) groups excluding carboxylic acids is 1. The molecule has 5 heteroatoms. The predicted octanol–water partition coefficient (Wildman–Crippen LogP) is 1.01. The summed E-state index contributed by atoms with van der Waals surface area (Å²) in [5, 5.41) is 9.34. The van der Waals surface area contributed by atoms with Gasteiger partial charge in [-0.3, -0.25) is 4.79 Å². The molecule has 0 aromatic heterocycles. The molecular weight excluding hydrogens is 220 g/mol. The Morgan fingerprint density at radius 2 is 2.00 bits per heavy atom. The molecule has 82 valence electrons. The van der Waals surface area contributed by atoms with Crippen molar-refractivity contribution in [2.45, 2.75) is 6.92 Å². The summed E-state index contributed by atoms with van der Waals surface area (Å²) in [7, 11) is 0. The van der Waals surface area contributed by atoms with E-state index >= 15 is 0 Å². The number of aliphatic hydroxyl groups is 1. The molecule has 0 aromatic rings. The molecule has 0 spiro atoms. The Morgan fingerprint density at radius 1 is 1.43 bits per heavy atom. The predicted molar refractivity (Wildman–Crippen MR) is 60.8 cm³/mol. The van der Waals surface area contributed by atoms with Crippen molar-refractivity contribution in [3.8, 4) is 0 Å². The van der Waals surface area contributed by atoms with Crippen molar-refractivity contribution in [1.82, 2.24) is 0 Å². The topological polar surface area (TPSA) is 46.5 Å². The zero-order valence-electron chi connectivity index (χ0n) is 8.32. The first-order valence-electron chi connectivity index (χ1n) is 4.69. The van der Waals surface area contributed by atoms with E-state index in [4.69, 9.17) is 4.74 Å². The highest BCUT2D eigenvalue weighted by Crippen LogP contribution is 2.32. The zero-order valence-corrected chi connectivity index (χ0v) is 9.96. The van der Waals surface area contributed by atoms with Crippen molar-refractivity contribution in [2.24, 2.45) is 5.41 Å². The monoisotopic (exact) mass is 236 g/mol. The molecule has 1 fully saturated rings. The first kappa shape index (κ1) is 12.2. The molecule has 0 unspecified atom stereocenters. The maximum atomic E-state index is 11.7. The summed E-state index contributed by atoms with van der Waals surface area (Å²) >= 11 is 3.44. The molecule has 0 saturated carbocycles. The van der Waals surface area contributed by atoms with Gasteiger partial charge in [-0.05, 0) is 6.92 Å². The lowest BCUT2D eigenvalue weighted by Gasteiger charge is -2.26. The van der Waals surface area contributed by atoms with Gasteiger partial charge in [-0.25, -0.2) is 0 Å². The highest BCUT2D eigenvalue weighted by Gasteiger charge is 2.40. The fraction of sp³-hybridized carbons (Fsp3) is 0.889. The van der Waals surface area contributed by atoms with Crippen molar-refractivity contribution in [3.63, 3.8) is 0 Å². The first-order valence-corrected chi connectivity index (χ1v) is 7.00. The van der Waals surface area contributed by atoms with Crippen LogP contribution in [0.25, 0.3) is 0 Å². The average Bonchev–Trinajstić information content (AvgIpc) is 2.44. The first-order chi connectivity index (χ1) is 6.75. The molecule has 0 radical (unpaired) electrons. The summed E-state index contributed by atoms with van der Waals surface area (Å²) in [5.41, 5.74) is -0.665. The molecule has 3 nitrogen and oxygen atoms in total. The summed E-state index contributed by atoms with van der Waals surface area (Å²) in [6, 6.07) is 0. The average molecular weight is 236 g/mol. The van der Waals surface area contributed by atoms with Crippen LogP contribution in [0.4, 0.5) is 0 Å². The number of hydrogen-bond donors (Lipinski definition) is 1. The molecule has 1 aliphatic rings. The lowest BCUT2D eigenvalue weighted by atomic mass is 9.94. The summed E-state index contributed by atoms with van der Waals surface area (Å²) < 4.78 is 5.01. The summed E-state index contributed by atoms with van der Waals surface area (Å²) in [6.07, 6.45) is 0. The van der Waals surface area contributed by atoms with Crippen LogP contribution in [0.15, 0.2) is 0 Å². The Balaban J connectivity index is 2.66. The van der Waals surface area contributed by atoms with Crippen molar-refractivity contribution < 1.29 is 14.6 Å². The number of thioether (sulfide) groups is 2. The van der Waals surface area contributed by atoms with E-state index in [1.165, 1.54) is 0 Å². The summed E-state index contributed by atoms with van der Waals surface area (Å²) in [6.45, 7) is 2.07. The van der Waals surface area contributed by atoms with E-state index in [1.807, 2.05) is 0 Å². The second-order valence-electron chi connectivity index (χ2n) is 3.26. The number of hydrogen-bond acceptors (Lipinski definition) is 5. The minimum absolute atomic E-state index is 0.105. The van der Waals surface area contributed by atoms with Gasteiger partial charge in [-0.2, -0.15) is 23.5 Å². The van der Waals surface area contributed by atoms with Gasteiger partial charge >= 0.3 is 5.97 Å². The minimum Gasteiger partial charge on any atom is -0.465 e. The van der Waals surface area contributed by atoms with Gasteiger partial charge < -0.3 is 9.84 Å². The van der Waals surface area contributed by atoms with E-state index in [1.54, 1.807) is 30.4 Å². The number of carbonyl (C=O) groups is 1. The number of esters is 1. The van der Waals surface area contributed by atoms with E-state index in [0.29, 0.717) is 18.1 Å². The van der Waals surface area contributed by atoms with Gasteiger partial charge in [0, 0.05) is 23.0 Å². The van der Waals surface area contributed by atoms with Crippen molar-refractivity contribution >= 4 is 29.5 Å². The third-order valence-corrected chi connectivity index (χ3v) is 4.90. The standard InChI is InChI=1S/C9H16O3S2/c1-2-12-8(11)9(5-10)6-13-3-4-14-7-9/h10H,2-7H2,1H3. The summed E-state index contributed by atoms with van der Waals surface area (Å²) in [4.78, 5) is 11.7. The second kappa shape index (κ2) is 5.88. The van der Waals surface area contributed by atoms with E-state index in [-0.39, 0.29) is 12.6 Å². The molecule has 1 aliphatic heterocycles. The van der Waals surface area contributed by atoms with Gasteiger partial charge in [0.1, 0.15) is 5.41 Å². The maximum absolute atomic E-state index is 11.7. The van der Waals surface area contributed by atoms with E-state index in [2.05, 4.69) is 0 Å². The molecule has 1 saturated heterocycles. The van der Waals surface area contributed by atoms with Crippen LogP contribution in [0, 0.1) is 5.41 Å². The smallest absolute Gasteiger partial charge is 0.316 e. The van der Waals surface area contributed by atoms with Gasteiger partial charge in [-0.1, -0.05) is 0 Å². The van der Waals surface area contributed by atoms with Crippen molar-refractivity contribution in [3.05, 3.63) is 0 Å². The summed E-state index contributed by atoms with van der Waals surface area (Å²) in [5.74, 6) is 3.20. The Bertz CT molecular complexity index is 188. The molecule has 1 N–H and O–H groups in total. The van der Waals surface area contributed by atoms with Crippen LogP contribution in [-0.2, 0) is 9.53 Å². The lowest BCUT2D eigenvalue weighted by Crippen LogP contribution is -2.41. The van der Waals surface area contributed by atoms with Gasteiger partial charge in [0.15, 0.2) is 0 Å². The molecule has 0 atom stereocenters. The molecule has 1 heterocycles. The lowest BCUT2D eigenvalue weighted by molar-refractivity contribution is -0.154. The van der Waals surface area contributed by atoms with Crippen LogP contribution in [0.2, 0.25) is 0 Å². The highest BCUT2D eigenvalue weighted by atomic mass is 32.2. The maximum Gasteiger partial charge on any atom is 0.316 e. The van der Waals surface area contributed by atoms with Crippen molar-refractivity contribution in [2.75, 3.05) is 36.2 Å². The third kappa shape index (κ3) is 2.81. The fourth-order valence-electron chi connectivity index (χ4n) is 1.25. The number of ether oxygens (including phenoxy) is 1. The number of aliphatic hydroxyl groups excluding tert-OH is 1. The fourth-order valence-corrected chi connectivity index (χ4v) is 4.02. The minimum atomic E-state index is -0.665. The molecule has 0 amide bonds. The normalized spacial score (nSPS) is 21.3. The Morgan fingerprint density at radius 3 is 2.43 bits per heavy atom. The third-order valence-electron chi connectivity index (χ3n) is 2.14. The largest absolute Gasteiger partial charge is 0.465 e. The van der Waals surface area contributed by atoms with Crippen LogP contribution >= 0.6 is 23.5 Å². The Hall–Kier alpha value is 0.130.